The number of aryl methyl sites for hydroxylation is 1. The topological polar surface area (TPSA) is 82.3 Å². The molecular weight excluding hydrogens is 495 g/mol. The smallest absolute Gasteiger partial charge is 0.135 e. The molecule has 0 fully saturated rings. The van der Waals surface area contributed by atoms with Crippen LogP contribution in [0, 0.1) is 12.7 Å². The molecule has 0 unspecified atom stereocenters. The number of H-pyrrole nitrogens is 2. The minimum Gasteiger partial charge on any atom is -0.357 e. The van der Waals surface area contributed by atoms with E-state index >= 15 is 0 Å². The fraction of sp³-hybridized carbons (Fsp3) is 0.100. The summed E-state index contributed by atoms with van der Waals surface area (Å²) < 4.78 is 18.0. The Morgan fingerprint density at radius 3 is 2.68 bits per heavy atom. The zero-order valence-corrected chi connectivity index (χ0v) is 22.2. The number of pyridine rings is 2. The maximum Gasteiger partial charge on any atom is 0.135 e. The SMILES string of the molecule is C=C/C=C(/c1cc(F)cc(CNS(=C)(=C)C)c1)c1cc(-c2n[nH]c3ccc(-c4ccccn4)nc23)[nH]c1C. The van der Waals surface area contributed by atoms with Crippen molar-refractivity contribution in [3.8, 4) is 22.8 Å². The number of nitrogens with zero attached hydrogens (tertiary/aromatic N) is 3. The lowest BCUT2D eigenvalue weighted by atomic mass is 9.95. The van der Waals surface area contributed by atoms with Gasteiger partial charge < -0.3 is 4.98 Å². The van der Waals surface area contributed by atoms with Crippen molar-refractivity contribution >= 4 is 37.7 Å². The lowest BCUT2D eigenvalue weighted by Crippen LogP contribution is -2.08. The van der Waals surface area contributed by atoms with E-state index in [1.165, 1.54) is 12.1 Å². The number of allylic oxidation sites excluding steroid dienone is 2. The Kier molecular flexibility index (Phi) is 6.84. The van der Waals surface area contributed by atoms with Crippen LogP contribution in [-0.2, 0) is 6.54 Å². The van der Waals surface area contributed by atoms with Crippen molar-refractivity contribution in [2.24, 2.45) is 0 Å². The van der Waals surface area contributed by atoms with Crippen molar-refractivity contribution in [2.45, 2.75) is 13.5 Å². The predicted molar refractivity (Wildman–Crippen MR) is 160 cm³/mol. The molecule has 192 valence electrons. The largest absolute Gasteiger partial charge is 0.357 e. The molecule has 0 aliphatic carbocycles. The molecule has 8 heteroatoms. The molecule has 6 nitrogen and oxygen atoms in total. The van der Waals surface area contributed by atoms with Gasteiger partial charge in [-0.15, -0.1) is 0 Å². The summed E-state index contributed by atoms with van der Waals surface area (Å²) >= 11 is 0. The zero-order chi connectivity index (χ0) is 26.9. The van der Waals surface area contributed by atoms with Crippen LogP contribution in [-0.4, -0.2) is 43.1 Å². The van der Waals surface area contributed by atoms with Crippen LogP contribution in [0.4, 0.5) is 4.39 Å². The van der Waals surface area contributed by atoms with Gasteiger partial charge in [-0.05, 0) is 78.4 Å². The molecule has 0 bridgehead atoms. The third-order valence-electron chi connectivity index (χ3n) is 6.07. The van der Waals surface area contributed by atoms with Gasteiger partial charge in [-0.2, -0.15) is 14.5 Å². The summed E-state index contributed by atoms with van der Waals surface area (Å²) in [6, 6.07) is 16.7. The van der Waals surface area contributed by atoms with Crippen molar-refractivity contribution in [1.82, 2.24) is 29.9 Å². The van der Waals surface area contributed by atoms with Gasteiger partial charge >= 0.3 is 0 Å². The standard InChI is InChI=1S/C30H29FN6S/c1-6-9-23(21-14-20(15-22(31)16-21)18-33-38(3,4)5)24-17-28(34-19(24)2)30-29-27(36-37-30)12-11-26(35-29)25-10-7-8-13-32-25/h6-17,33-34H,1,3-4,18H2,2,5H3,(H,36,37)/b23-9-. The molecule has 4 heterocycles. The van der Waals surface area contributed by atoms with E-state index in [1.54, 1.807) is 12.3 Å². The Bertz CT molecular complexity index is 1780. The molecule has 0 spiro atoms. The average Bonchev–Trinajstić information content (AvgIpc) is 3.48. The Balaban J connectivity index is 1.56. The summed E-state index contributed by atoms with van der Waals surface area (Å²) in [4.78, 5) is 12.7. The maximum absolute atomic E-state index is 14.7. The number of benzene rings is 1. The lowest BCUT2D eigenvalue weighted by molar-refractivity contribution is 0.624. The molecule has 0 saturated heterocycles. The molecular formula is C30H29FN6S. The quantitative estimate of drug-likeness (QED) is 0.162. The van der Waals surface area contributed by atoms with Crippen molar-refractivity contribution in [2.75, 3.05) is 6.26 Å². The Morgan fingerprint density at radius 2 is 1.95 bits per heavy atom. The number of nitrogens with one attached hydrogen (secondary N) is 3. The van der Waals surface area contributed by atoms with E-state index in [9.17, 15) is 4.39 Å². The normalized spacial score (nSPS) is 12.2. The number of aromatic nitrogens is 5. The van der Waals surface area contributed by atoms with Gasteiger partial charge in [0.2, 0.25) is 0 Å². The minimum atomic E-state index is -1.43. The van der Waals surface area contributed by atoms with E-state index in [0.717, 1.165) is 56.1 Å². The summed E-state index contributed by atoms with van der Waals surface area (Å²) in [5, 5.41) is 7.62. The summed E-state index contributed by atoms with van der Waals surface area (Å²) in [6.07, 6.45) is 7.30. The van der Waals surface area contributed by atoms with Gasteiger partial charge in [0.1, 0.15) is 17.0 Å². The number of hydrogen-bond donors (Lipinski definition) is 3. The molecule has 0 amide bonds. The highest BCUT2D eigenvalue weighted by Gasteiger charge is 2.18. The second-order valence-corrected chi connectivity index (χ2v) is 12.2. The van der Waals surface area contributed by atoms with Gasteiger partial charge in [0.15, 0.2) is 0 Å². The second kappa shape index (κ2) is 10.2. The van der Waals surface area contributed by atoms with Crippen LogP contribution in [0.3, 0.4) is 0 Å². The third kappa shape index (κ3) is 5.37. The molecule has 5 aromatic rings. The molecule has 3 N–H and O–H groups in total. The lowest BCUT2D eigenvalue weighted by Gasteiger charge is -2.13. The third-order valence-corrected chi connectivity index (χ3v) is 6.91. The van der Waals surface area contributed by atoms with E-state index < -0.39 is 9.39 Å². The number of fused-ring (bicyclic) bond motifs is 1. The van der Waals surface area contributed by atoms with Crippen LogP contribution in [0.5, 0.6) is 0 Å². The molecule has 0 atom stereocenters. The fourth-order valence-electron chi connectivity index (χ4n) is 4.33. The minimum absolute atomic E-state index is 0.308. The number of aromatic amines is 2. The molecule has 5 rings (SSSR count). The van der Waals surface area contributed by atoms with Crippen molar-refractivity contribution in [3.05, 3.63) is 108 Å². The number of halogens is 1. The monoisotopic (exact) mass is 524 g/mol. The van der Waals surface area contributed by atoms with Gasteiger partial charge in [0.05, 0.1) is 22.6 Å². The van der Waals surface area contributed by atoms with E-state index in [4.69, 9.17) is 4.98 Å². The molecule has 0 aliphatic heterocycles. The highest BCUT2D eigenvalue weighted by molar-refractivity contribution is 8.25. The summed E-state index contributed by atoms with van der Waals surface area (Å²) in [5.41, 5.74) is 8.87. The highest BCUT2D eigenvalue weighted by atomic mass is 32.2. The van der Waals surface area contributed by atoms with Gasteiger partial charge in [-0.3, -0.25) is 14.8 Å². The Labute approximate surface area is 222 Å². The van der Waals surface area contributed by atoms with Crippen molar-refractivity contribution in [3.63, 3.8) is 0 Å². The van der Waals surface area contributed by atoms with Gasteiger partial charge in [0.25, 0.3) is 0 Å². The zero-order valence-electron chi connectivity index (χ0n) is 21.4. The predicted octanol–water partition coefficient (Wildman–Crippen LogP) is 6.38. The van der Waals surface area contributed by atoms with E-state index in [1.807, 2.05) is 61.7 Å². The van der Waals surface area contributed by atoms with Crippen LogP contribution < -0.4 is 4.72 Å². The number of hydrogen-bond acceptors (Lipinski definition) is 4. The summed E-state index contributed by atoms with van der Waals surface area (Å²) in [7, 11) is -1.43. The first-order valence-electron chi connectivity index (χ1n) is 12.0. The molecule has 0 radical (unpaired) electrons. The Hall–Kier alpha value is -4.27. The average molecular weight is 525 g/mol. The second-order valence-electron chi connectivity index (χ2n) is 9.36. The molecule has 1 aromatic carbocycles. The number of rotatable bonds is 8. The highest BCUT2D eigenvalue weighted by Crippen LogP contribution is 2.33. The van der Waals surface area contributed by atoms with Crippen LogP contribution >= 0.6 is 9.39 Å². The van der Waals surface area contributed by atoms with E-state index in [2.05, 4.69) is 43.2 Å². The Morgan fingerprint density at radius 1 is 1.11 bits per heavy atom. The molecule has 0 saturated carbocycles. The molecule has 38 heavy (non-hydrogen) atoms. The van der Waals surface area contributed by atoms with Crippen molar-refractivity contribution < 1.29 is 4.39 Å². The van der Waals surface area contributed by atoms with Crippen LogP contribution in [0.25, 0.3) is 39.4 Å². The van der Waals surface area contributed by atoms with E-state index in [0.29, 0.717) is 12.2 Å². The first-order valence-corrected chi connectivity index (χ1v) is 14.4. The first-order chi connectivity index (χ1) is 18.2. The molecule has 0 aliphatic rings. The van der Waals surface area contributed by atoms with Crippen LogP contribution in [0.1, 0.15) is 22.4 Å². The molecule has 4 aromatic heterocycles. The fourth-order valence-corrected chi connectivity index (χ4v) is 4.85. The van der Waals surface area contributed by atoms with Crippen molar-refractivity contribution in [1.29, 1.82) is 0 Å². The van der Waals surface area contributed by atoms with Crippen LogP contribution in [0.15, 0.2) is 79.5 Å². The van der Waals surface area contributed by atoms with Gasteiger partial charge in [-0.1, -0.05) is 36.5 Å². The van der Waals surface area contributed by atoms with E-state index in [-0.39, 0.29) is 5.82 Å². The van der Waals surface area contributed by atoms with Gasteiger partial charge in [-0.25, -0.2) is 9.37 Å². The maximum atomic E-state index is 14.7. The summed E-state index contributed by atoms with van der Waals surface area (Å²) in [5.74, 6) is 7.79. The van der Waals surface area contributed by atoms with Crippen LogP contribution in [0.2, 0.25) is 0 Å². The summed E-state index contributed by atoms with van der Waals surface area (Å²) in [6.45, 7) is 6.36. The first kappa shape index (κ1) is 25.4. The van der Waals surface area contributed by atoms with Gasteiger partial charge in [0, 0.05) is 24.0 Å².